The van der Waals surface area contributed by atoms with Crippen LogP contribution >= 0.6 is 11.8 Å². The van der Waals surface area contributed by atoms with Gasteiger partial charge in [-0.25, -0.2) is 0 Å². The number of nitrogens with zero attached hydrogens (tertiary/aromatic N) is 2. The van der Waals surface area contributed by atoms with Crippen LogP contribution in [0.2, 0.25) is 0 Å². The van der Waals surface area contributed by atoms with Gasteiger partial charge in [-0.3, -0.25) is 9.59 Å². The van der Waals surface area contributed by atoms with E-state index in [1.54, 1.807) is 72.8 Å². The number of amides is 2. The first-order valence-electron chi connectivity index (χ1n) is 8.92. The van der Waals surface area contributed by atoms with E-state index in [-0.39, 0.29) is 17.6 Å². The van der Waals surface area contributed by atoms with Crippen molar-refractivity contribution in [3.63, 3.8) is 0 Å². The summed E-state index contributed by atoms with van der Waals surface area (Å²) < 4.78 is 0. The van der Waals surface area contributed by atoms with Crippen LogP contribution in [0.4, 0.5) is 11.4 Å². The number of anilines is 2. The fourth-order valence-corrected chi connectivity index (χ4v) is 3.50. The fraction of sp³-hybridized carbons (Fsp3) is 0.0435. The molecule has 0 fully saturated rings. The average Bonchev–Trinajstić information content (AvgIpc) is 2.78. The van der Waals surface area contributed by atoms with Crippen LogP contribution in [0.5, 0.6) is 0 Å². The number of hydrogen-bond donors (Lipinski definition) is 2. The van der Waals surface area contributed by atoms with Gasteiger partial charge in [-0.2, -0.15) is 10.5 Å². The van der Waals surface area contributed by atoms with E-state index < -0.39 is 0 Å². The Morgan fingerprint density at radius 2 is 1.40 bits per heavy atom. The van der Waals surface area contributed by atoms with Crippen molar-refractivity contribution in [1.29, 1.82) is 10.5 Å². The Hall–Kier alpha value is -4.07. The topological polar surface area (TPSA) is 106 Å². The molecule has 2 amide bonds. The minimum absolute atomic E-state index is 0.102. The van der Waals surface area contributed by atoms with Crippen molar-refractivity contribution in [1.82, 2.24) is 0 Å². The lowest BCUT2D eigenvalue weighted by molar-refractivity contribution is -0.113. The standard InChI is InChI=1S/C23H16N4O2S/c24-13-16-5-3-7-18(11-16)26-22(28)15-30-21-10-2-1-9-20(21)23(29)27-19-8-4-6-17(12-19)14-25/h1-12H,15H2,(H,26,28)(H,27,29). The summed E-state index contributed by atoms with van der Waals surface area (Å²) in [6.07, 6.45) is 0. The van der Waals surface area contributed by atoms with Crippen LogP contribution in [-0.2, 0) is 4.79 Å². The lowest BCUT2D eigenvalue weighted by Crippen LogP contribution is -2.16. The van der Waals surface area contributed by atoms with Gasteiger partial charge in [-0.15, -0.1) is 11.8 Å². The number of nitrogens with one attached hydrogen (secondary N) is 2. The molecular formula is C23H16N4O2S. The van der Waals surface area contributed by atoms with Gasteiger partial charge in [0.05, 0.1) is 34.6 Å². The van der Waals surface area contributed by atoms with E-state index in [1.165, 1.54) is 11.8 Å². The Labute approximate surface area is 178 Å². The highest BCUT2D eigenvalue weighted by atomic mass is 32.2. The molecule has 0 saturated heterocycles. The van der Waals surface area contributed by atoms with Gasteiger partial charge in [-0.1, -0.05) is 24.3 Å². The van der Waals surface area contributed by atoms with Crippen molar-refractivity contribution in [2.24, 2.45) is 0 Å². The lowest BCUT2D eigenvalue weighted by Gasteiger charge is -2.10. The maximum absolute atomic E-state index is 12.7. The van der Waals surface area contributed by atoms with E-state index in [0.717, 1.165) is 0 Å². The first-order valence-corrected chi connectivity index (χ1v) is 9.91. The Morgan fingerprint density at radius 1 is 0.800 bits per heavy atom. The zero-order valence-corrected chi connectivity index (χ0v) is 16.6. The highest BCUT2D eigenvalue weighted by molar-refractivity contribution is 8.00. The van der Waals surface area contributed by atoms with Gasteiger partial charge < -0.3 is 10.6 Å². The molecule has 0 unspecified atom stereocenters. The number of benzene rings is 3. The third-order valence-corrected chi connectivity index (χ3v) is 5.09. The molecule has 0 heterocycles. The number of nitriles is 2. The van der Waals surface area contributed by atoms with Crippen molar-refractivity contribution in [3.8, 4) is 12.1 Å². The van der Waals surface area contributed by atoms with Crippen LogP contribution in [0, 0.1) is 22.7 Å². The molecule has 3 aromatic rings. The van der Waals surface area contributed by atoms with E-state index in [2.05, 4.69) is 10.6 Å². The van der Waals surface area contributed by atoms with Crippen LogP contribution in [0.25, 0.3) is 0 Å². The Kier molecular flexibility index (Phi) is 6.83. The number of thioether (sulfide) groups is 1. The number of carbonyl (C=O) groups is 2. The second-order valence-electron chi connectivity index (χ2n) is 6.17. The van der Waals surface area contributed by atoms with Crippen molar-refractivity contribution in [3.05, 3.63) is 89.5 Å². The third kappa shape index (κ3) is 5.48. The van der Waals surface area contributed by atoms with E-state index in [1.807, 2.05) is 12.1 Å². The molecule has 30 heavy (non-hydrogen) atoms. The molecule has 0 saturated carbocycles. The molecule has 0 aliphatic carbocycles. The predicted molar refractivity (Wildman–Crippen MR) is 116 cm³/mol. The van der Waals surface area contributed by atoms with E-state index in [9.17, 15) is 9.59 Å². The number of hydrogen-bond acceptors (Lipinski definition) is 5. The number of carbonyl (C=O) groups excluding carboxylic acids is 2. The molecule has 0 spiro atoms. The lowest BCUT2D eigenvalue weighted by atomic mass is 10.2. The highest BCUT2D eigenvalue weighted by Crippen LogP contribution is 2.24. The van der Waals surface area contributed by atoms with Crippen molar-refractivity contribution in [2.45, 2.75) is 4.90 Å². The molecule has 146 valence electrons. The summed E-state index contributed by atoms with van der Waals surface area (Å²) in [5.41, 5.74) is 2.41. The van der Waals surface area contributed by atoms with Crippen molar-refractivity contribution >= 4 is 35.0 Å². The van der Waals surface area contributed by atoms with E-state index in [4.69, 9.17) is 10.5 Å². The zero-order chi connectivity index (χ0) is 21.3. The van der Waals surface area contributed by atoms with Gasteiger partial charge in [0.2, 0.25) is 5.91 Å². The maximum Gasteiger partial charge on any atom is 0.256 e. The van der Waals surface area contributed by atoms with Crippen LogP contribution in [0.3, 0.4) is 0 Å². The Bertz CT molecular complexity index is 1180. The summed E-state index contributed by atoms with van der Waals surface area (Å²) >= 11 is 1.24. The van der Waals surface area contributed by atoms with Gasteiger partial charge in [0, 0.05) is 16.3 Å². The molecule has 7 heteroatoms. The second kappa shape index (κ2) is 9.92. The first kappa shape index (κ1) is 20.7. The third-order valence-electron chi connectivity index (χ3n) is 4.02. The monoisotopic (exact) mass is 412 g/mol. The Morgan fingerprint density at radius 3 is 2.03 bits per heavy atom. The molecule has 0 aromatic heterocycles. The van der Waals surface area contributed by atoms with Gasteiger partial charge in [0.25, 0.3) is 5.91 Å². The second-order valence-corrected chi connectivity index (χ2v) is 7.19. The van der Waals surface area contributed by atoms with E-state index >= 15 is 0 Å². The van der Waals surface area contributed by atoms with Crippen LogP contribution in [0.1, 0.15) is 21.5 Å². The largest absolute Gasteiger partial charge is 0.325 e. The van der Waals surface area contributed by atoms with Crippen LogP contribution in [0.15, 0.2) is 77.7 Å². The molecule has 0 aliphatic heterocycles. The van der Waals surface area contributed by atoms with Gasteiger partial charge in [-0.05, 0) is 48.5 Å². The molecule has 2 N–H and O–H groups in total. The first-order chi connectivity index (χ1) is 14.6. The Balaban J connectivity index is 1.66. The van der Waals surface area contributed by atoms with Crippen molar-refractivity contribution < 1.29 is 9.59 Å². The molecular weight excluding hydrogens is 396 g/mol. The van der Waals surface area contributed by atoms with Gasteiger partial charge in [0.15, 0.2) is 0 Å². The minimum Gasteiger partial charge on any atom is -0.325 e. The highest BCUT2D eigenvalue weighted by Gasteiger charge is 2.13. The van der Waals surface area contributed by atoms with Crippen molar-refractivity contribution in [2.75, 3.05) is 16.4 Å². The quantitative estimate of drug-likeness (QED) is 0.583. The number of rotatable bonds is 6. The average molecular weight is 412 g/mol. The molecule has 0 atom stereocenters. The maximum atomic E-state index is 12.7. The normalized spacial score (nSPS) is 9.80. The van der Waals surface area contributed by atoms with Crippen LogP contribution in [-0.4, -0.2) is 17.6 Å². The molecule has 3 aromatic carbocycles. The fourth-order valence-electron chi connectivity index (χ4n) is 2.65. The SMILES string of the molecule is N#Cc1cccc(NC(=O)CSc2ccccc2C(=O)Nc2cccc(C#N)c2)c1. The minimum atomic E-state index is -0.324. The van der Waals surface area contributed by atoms with Crippen LogP contribution < -0.4 is 10.6 Å². The van der Waals surface area contributed by atoms with Gasteiger partial charge in [0.1, 0.15) is 0 Å². The summed E-state index contributed by atoms with van der Waals surface area (Å²) in [6, 6.07) is 24.4. The summed E-state index contributed by atoms with van der Waals surface area (Å²) in [5.74, 6) is -0.465. The summed E-state index contributed by atoms with van der Waals surface area (Å²) in [4.78, 5) is 25.6. The molecule has 6 nitrogen and oxygen atoms in total. The summed E-state index contributed by atoms with van der Waals surface area (Å²) in [5, 5.41) is 23.5. The molecule has 3 rings (SSSR count). The molecule has 0 aliphatic rings. The zero-order valence-electron chi connectivity index (χ0n) is 15.8. The van der Waals surface area contributed by atoms with Gasteiger partial charge >= 0.3 is 0 Å². The molecule has 0 bridgehead atoms. The summed E-state index contributed by atoms with van der Waals surface area (Å²) in [7, 11) is 0. The predicted octanol–water partition coefficient (Wildman–Crippen LogP) is 4.41. The van der Waals surface area contributed by atoms with E-state index in [0.29, 0.717) is 33.0 Å². The summed E-state index contributed by atoms with van der Waals surface area (Å²) in [6.45, 7) is 0. The smallest absolute Gasteiger partial charge is 0.256 e. The molecule has 0 radical (unpaired) electrons.